The van der Waals surface area contributed by atoms with E-state index in [9.17, 15) is 4.79 Å². The van der Waals surface area contributed by atoms with Gasteiger partial charge in [0.2, 0.25) is 0 Å². The van der Waals surface area contributed by atoms with Crippen LogP contribution in [0.2, 0.25) is 0 Å². The lowest BCUT2D eigenvalue weighted by Crippen LogP contribution is -2.50. The van der Waals surface area contributed by atoms with Crippen LogP contribution < -0.4 is 15.1 Å². The first kappa shape index (κ1) is 17.7. The first-order chi connectivity index (χ1) is 11.9. The normalized spacial score (nSPS) is 19.1. The quantitative estimate of drug-likeness (QED) is 0.853. The second kappa shape index (κ2) is 7.43. The van der Waals surface area contributed by atoms with Gasteiger partial charge >= 0.3 is 6.09 Å². The number of hydrogen-bond donors (Lipinski definition) is 1. The molecule has 1 N–H and O–H groups in total. The van der Waals surface area contributed by atoms with Crippen LogP contribution >= 0.6 is 0 Å². The number of aromatic nitrogens is 2. The molecule has 0 aliphatic carbocycles. The van der Waals surface area contributed by atoms with Gasteiger partial charge < -0.3 is 24.8 Å². The van der Waals surface area contributed by atoms with Crippen molar-refractivity contribution < 1.29 is 9.53 Å². The fourth-order valence-corrected chi connectivity index (χ4v) is 3.02. The Morgan fingerprint density at radius 1 is 1.00 bits per heavy atom. The van der Waals surface area contributed by atoms with E-state index in [1.807, 2.05) is 20.8 Å². The van der Waals surface area contributed by atoms with Crippen molar-refractivity contribution in [2.24, 2.45) is 0 Å². The van der Waals surface area contributed by atoms with E-state index < -0.39 is 5.60 Å². The van der Waals surface area contributed by atoms with Gasteiger partial charge in [-0.3, -0.25) is 0 Å². The number of piperazine rings is 2. The summed E-state index contributed by atoms with van der Waals surface area (Å²) in [6.45, 7) is 12.3. The minimum atomic E-state index is -0.459. The second-order valence-corrected chi connectivity index (χ2v) is 7.43. The SMILES string of the molecule is CC(C)(C)OC(=O)N1CCN(c2cc(N3CCNCC3)ncn2)CC1. The van der Waals surface area contributed by atoms with Crippen molar-refractivity contribution >= 4 is 17.7 Å². The molecule has 2 aliphatic rings. The summed E-state index contributed by atoms with van der Waals surface area (Å²) in [6, 6.07) is 2.05. The molecule has 138 valence electrons. The second-order valence-electron chi connectivity index (χ2n) is 7.43. The highest BCUT2D eigenvalue weighted by Gasteiger charge is 2.26. The molecule has 1 amide bonds. The van der Waals surface area contributed by atoms with Gasteiger partial charge in [0.05, 0.1) is 0 Å². The average molecular weight is 348 g/mol. The Kier molecular flexibility index (Phi) is 5.27. The molecule has 0 spiro atoms. The van der Waals surface area contributed by atoms with Gasteiger partial charge in [-0.2, -0.15) is 0 Å². The molecule has 0 aromatic carbocycles. The van der Waals surface area contributed by atoms with E-state index >= 15 is 0 Å². The van der Waals surface area contributed by atoms with Gasteiger partial charge in [-0.15, -0.1) is 0 Å². The highest BCUT2D eigenvalue weighted by molar-refractivity contribution is 5.68. The van der Waals surface area contributed by atoms with Crippen LogP contribution in [0, 0.1) is 0 Å². The third-order valence-electron chi connectivity index (χ3n) is 4.33. The van der Waals surface area contributed by atoms with Gasteiger partial charge in [-0.25, -0.2) is 14.8 Å². The highest BCUT2D eigenvalue weighted by Crippen LogP contribution is 2.20. The smallest absolute Gasteiger partial charge is 0.410 e. The number of nitrogens with zero attached hydrogens (tertiary/aromatic N) is 5. The van der Waals surface area contributed by atoms with Crippen molar-refractivity contribution in [3.8, 4) is 0 Å². The van der Waals surface area contributed by atoms with E-state index in [0.717, 1.165) is 50.9 Å². The molecule has 1 aromatic rings. The third-order valence-corrected chi connectivity index (χ3v) is 4.33. The van der Waals surface area contributed by atoms with Gasteiger partial charge in [-0.1, -0.05) is 0 Å². The van der Waals surface area contributed by atoms with Gasteiger partial charge in [0.25, 0.3) is 0 Å². The number of nitrogens with one attached hydrogen (secondary N) is 1. The van der Waals surface area contributed by atoms with Gasteiger partial charge in [0.15, 0.2) is 0 Å². The van der Waals surface area contributed by atoms with Crippen molar-refractivity contribution in [2.75, 3.05) is 62.2 Å². The maximum Gasteiger partial charge on any atom is 0.410 e. The number of rotatable bonds is 2. The molecule has 0 bridgehead atoms. The van der Waals surface area contributed by atoms with E-state index in [0.29, 0.717) is 13.1 Å². The Hall–Kier alpha value is -2.09. The van der Waals surface area contributed by atoms with Crippen LogP contribution in [0.4, 0.5) is 16.4 Å². The molecule has 0 atom stereocenters. The molecule has 0 saturated carbocycles. The minimum absolute atomic E-state index is 0.239. The number of ether oxygens (including phenoxy) is 1. The summed E-state index contributed by atoms with van der Waals surface area (Å²) in [6.07, 6.45) is 1.39. The fourth-order valence-electron chi connectivity index (χ4n) is 3.02. The first-order valence-electron chi connectivity index (χ1n) is 8.93. The molecule has 3 rings (SSSR count). The Morgan fingerprint density at radius 3 is 2.12 bits per heavy atom. The zero-order chi connectivity index (χ0) is 17.9. The Balaban J connectivity index is 1.58. The van der Waals surface area contributed by atoms with Crippen molar-refractivity contribution in [2.45, 2.75) is 26.4 Å². The zero-order valence-corrected chi connectivity index (χ0v) is 15.4. The molecule has 0 radical (unpaired) electrons. The van der Waals surface area contributed by atoms with Crippen LogP contribution in [0.25, 0.3) is 0 Å². The summed E-state index contributed by atoms with van der Waals surface area (Å²) in [5.41, 5.74) is -0.459. The number of carbonyl (C=O) groups excluding carboxylic acids is 1. The first-order valence-corrected chi connectivity index (χ1v) is 8.93. The Labute approximate surface area is 149 Å². The predicted octanol–water partition coefficient (Wildman–Crippen LogP) is 0.943. The molecule has 8 heteroatoms. The summed E-state index contributed by atoms with van der Waals surface area (Å²) in [4.78, 5) is 27.2. The van der Waals surface area contributed by atoms with Gasteiger partial charge in [0.1, 0.15) is 23.6 Å². The van der Waals surface area contributed by atoms with E-state index in [4.69, 9.17) is 4.74 Å². The van der Waals surface area contributed by atoms with Crippen molar-refractivity contribution in [1.82, 2.24) is 20.2 Å². The number of hydrogen-bond acceptors (Lipinski definition) is 7. The summed E-state index contributed by atoms with van der Waals surface area (Å²) < 4.78 is 5.45. The van der Waals surface area contributed by atoms with Crippen molar-refractivity contribution in [1.29, 1.82) is 0 Å². The lowest BCUT2D eigenvalue weighted by atomic mass is 10.2. The summed E-state index contributed by atoms with van der Waals surface area (Å²) in [5, 5.41) is 3.35. The molecule has 8 nitrogen and oxygen atoms in total. The predicted molar refractivity (Wildman–Crippen MR) is 97.1 cm³/mol. The molecule has 0 unspecified atom stereocenters. The summed E-state index contributed by atoms with van der Waals surface area (Å²) in [5.74, 6) is 1.90. The third kappa shape index (κ3) is 4.72. The average Bonchev–Trinajstić information content (AvgIpc) is 2.61. The minimum Gasteiger partial charge on any atom is -0.444 e. The molecule has 1 aromatic heterocycles. The lowest BCUT2D eigenvalue weighted by Gasteiger charge is -2.36. The topological polar surface area (TPSA) is 73.8 Å². The van der Waals surface area contributed by atoms with Crippen LogP contribution in [0.5, 0.6) is 0 Å². The fraction of sp³-hybridized carbons (Fsp3) is 0.706. The zero-order valence-electron chi connectivity index (χ0n) is 15.4. The largest absolute Gasteiger partial charge is 0.444 e. The Bertz CT molecular complexity index is 589. The van der Waals surface area contributed by atoms with Crippen molar-refractivity contribution in [3.63, 3.8) is 0 Å². The monoisotopic (exact) mass is 348 g/mol. The number of anilines is 2. The molecule has 3 heterocycles. The van der Waals surface area contributed by atoms with Crippen LogP contribution in [0.3, 0.4) is 0 Å². The molecule has 2 saturated heterocycles. The summed E-state index contributed by atoms with van der Waals surface area (Å²) in [7, 11) is 0. The molecule has 2 fully saturated rings. The van der Waals surface area contributed by atoms with E-state index in [1.54, 1.807) is 11.2 Å². The Morgan fingerprint density at radius 2 is 1.56 bits per heavy atom. The van der Waals surface area contributed by atoms with Crippen LogP contribution in [-0.4, -0.2) is 78.9 Å². The highest BCUT2D eigenvalue weighted by atomic mass is 16.6. The van der Waals surface area contributed by atoms with E-state index in [1.165, 1.54) is 0 Å². The number of carbonyl (C=O) groups is 1. The number of amides is 1. The summed E-state index contributed by atoms with van der Waals surface area (Å²) >= 11 is 0. The van der Waals surface area contributed by atoms with Crippen LogP contribution in [0.15, 0.2) is 12.4 Å². The van der Waals surface area contributed by atoms with Crippen LogP contribution in [-0.2, 0) is 4.74 Å². The molecule has 25 heavy (non-hydrogen) atoms. The molecule has 2 aliphatic heterocycles. The maximum atomic E-state index is 12.2. The van der Waals surface area contributed by atoms with E-state index in [2.05, 4.69) is 31.2 Å². The van der Waals surface area contributed by atoms with Crippen LogP contribution in [0.1, 0.15) is 20.8 Å². The lowest BCUT2D eigenvalue weighted by molar-refractivity contribution is 0.0240. The van der Waals surface area contributed by atoms with Gasteiger partial charge in [0, 0.05) is 58.4 Å². The standard InChI is InChI=1S/C17H28N6O2/c1-17(2,3)25-16(24)23-10-8-22(9-11-23)15-12-14(19-13-20-15)21-6-4-18-5-7-21/h12-13,18H,4-11H2,1-3H3. The molecular weight excluding hydrogens is 320 g/mol. The van der Waals surface area contributed by atoms with Gasteiger partial charge in [-0.05, 0) is 20.8 Å². The van der Waals surface area contributed by atoms with Crippen molar-refractivity contribution in [3.05, 3.63) is 12.4 Å². The molecular formula is C17H28N6O2. The maximum absolute atomic E-state index is 12.2. The van der Waals surface area contributed by atoms with E-state index in [-0.39, 0.29) is 6.09 Å².